The van der Waals surface area contributed by atoms with Crippen LogP contribution in [0.5, 0.6) is 5.75 Å². The minimum atomic E-state index is -1.07. The molecule has 4 rings (SSSR count). The molecule has 11 heteroatoms. The number of carbonyl (C=O) groups is 2. The van der Waals surface area contributed by atoms with E-state index in [0.29, 0.717) is 33.4 Å². The Balaban J connectivity index is 1.53. The number of carbonyl (C=O) groups excluding carboxylic acids is 1. The Labute approximate surface area is 197 Å². The quantitative estimate of drug-likeness (QED) is 0.338. The molecule has 0 spiro atoms. The van der Waals surface area contributed by atoms with Crippen molar-refractivity contribution < 1.29 is 19.4 Å². The van der Waals surface area contributed by atoms with Crippen LogP contribution in [0.4, 0.5) is 5.69 Å². The number of carboxylic acids is 1. The Bertz CT molecular complexity index is 1280. The lowest BCUT2D eigenvalue weighted by atomic mass is 10.2. The molecule has 0 saturated carbocycles. The van der Waals surface area contributed by atoms with Crippen molar-refractivity contribution in [2.24, 2.45) is 0 Å². The van der Waals surface area contributed by atoms with E-state index in [1.165, 1.54) is 11.8 Å². The van der Waals surface area contributed by atoms with Crippen LogP contribution < -0.4 is 10.1 Å². The fourth-order valence-corrected chi connectivity index (χ4v) is 4.04. The van der Waals surface area contributed by atoms with Gasteiger partial charge in [0.2, 0.25) is 5.82 Å². The lowest BCUT2D eigenvalue weighted by molar-refractivity contribution is -0.139. The van der Waals surface area contributed by atoms with Gasteiger partial charge >= 0.3 is 5.97 Å². The van der Waals surface area contributed by atoms with Crippen LogP contribution in [0, 0.1) is 0 Å². The highest BCUT2D eigenvalue weighted by Crippen LogP contribution is 2.39. The number of tetrazole rings is 1. The molecule has 0 bridgehead atoms. The summed E-state index contributed by atoms with van der Waals surface area (Å²) in [5.41, 5.74) is 1.73. The van der Waals surface area contributed by atoms with Crippen molar-refractivity contribution in [1.29, 1.82) is 0 Å². The highest BCUT2D eigenvalue weighted by atomic mass is 35.5. The molecule has 0 fully saturated rings. The summed E-state index contributed by atoms with van der Waals surface area (Å²) >= 11 is 7.59. The van der Waals surface area contributed by atoms with Gasteiger partial charge in [-0.3, -0.25) is 4.79 Å². The maximum Gasteiger partial charge on any atom is 0.341 e. The lowest BCUT2D eigenvalue weighted by Crippen LogP contribution is -2.13. The second-order valence-electron chi connectivity index (χ2n) is 6.64. The number of aliphatic carboxylic acids is 1. The van der Waals surface area contributed by atoms with Crippen LogP contribution >= 0.6 is 23.4 Å². The average molecular weight is 482 g/mol. The number of para-hydroxylation sites is 1. The highest BCUT2D eigenvalue weighted by Gasteiger charge is 2.15. The number of carboxylic acid groups (broad SMARTS) is 1. The number of nitrogens with zero attached hydrogens (tertiary/aromatic N) is 3. The number of aromatic nitrogens is 4. The summed E-state index contributed by atoms with van der Waals surface area (Å²) in [4.78, 5) is 25.0. The fraction of sp³-hybridized carbons (Fsp3) is 0.0455. The van der Waals surface area contributed by atoms with Gasteiger partial charge in [0.1, 0.15) is 5.75 Å². The number of anilines is 1. The average Bonchev–Trinajstić information content (AvgIpc) is 3.35. The molecule has 1 heterocycles. The minimum Gasteiger partial charge on any atom is -0.482 e. The Hall–Kier alpha value is -3.89. The SMILES string of the molecule is O=C(O)COc1ccc(C(=O)Nc2ccccc2Sc2ccc(Cl)cc2-c2nn[nH]n2)cc1. The zero-order chi connectivity index (χ0) is 23.2. The van der Waals surface area contributed by atoms with E-state index in [1.54, 1.807) is 42.5 Å². The molecule has 0 aliphatic carbocycles. The van der Waals surface area contributed by atoms with Crippen LogP contribution in [0.2, 0.25) is 5.02 Å². The van der Waals surface area contributed by atoms with Crippen LogP contribution in [0.15, 0.2) is 76.5 Å². The number of hydrogen-bond acceptors (Lipinski definition) is 7. The van der Waals surface area contributed by atoms with Crippen LogP contribution in [0.25, 0.3) is 11.4 Å². The van der Waals surface area contributed by atoms with E-state index >= 15 is 0 Å². The Morgan fingerprint density at radius 2 is 1.85 bits per heavy atom. The van der Waals surface area contributed by atoms with Crippen molar-refractivity contribution in [2.45, 2.75) is 9.79 Å². The molecule has 0 aliphatic heterocycles. The predicted molar refractivity (Wildman–Crippen MR) is 123 cm³/mol. The van der Waals surface area contributed by atoms with Crippen molar-refractivity contribution in [3.8, 4) is 17.1 Å². The van der Waals surface area contributed by atoms with Gasteiger partial charge in [-0.1, -0.05) is 35.5 Å². The van der Waals surface area contributed by atoms with Gasteiger partial charge in [0, 0.05) is 25.9 Å². The number of halogens is 1. The first kappa shape index (κ1) is 22.3. The van der Waals surface area contributed by atoms with Gasteiger partial charge in [-0.25, -0.2) is 4.79 Å². The van der Waals surface area contributed by atoms with E-state index in [1.807, 2.05) is 24.3 Å². The summed E-state index contributed by atoms with van der Waals surface area (Å²) in [6, 6.07) is 19.0. The van der Waals surface area contributed by atoms with E-state index in [9.17, 15) is 9.59 Å². The number of amides is 1. The number of rotatable bonds is 8. The number of nitrogens with one attached hydrogen (secondary N) is 2. The monoisotopic (exact) mass is 481 g/mol. The third kappa shape index (κ3) is 5.68. The molecule has 3 N–H and O–H groups in total. The third-order valence-electron chi connectivity index (χ3n) is 4.36. The zero-order valence-corrected chi connectivity index (χ0v) is 18.4. The van der Waals surface area contributed by atoms with Gasteiger partial charge in [0.15, 0.2) is 6.61 Å². The molecule has 0 unspecified atom stereocenters. The second-order valence-corrected chi connectivity index (χ2v) is 8.16. The normalized spacial score (nSPS) is 10.6. The van der Waals surface area contributed by atoms with Crippen molar-refractivity contribution in [1.82, 2.24) is 20.6 Å². The molecule has 4 aromatic rings. The largest absolute Gasteiger partial charge is 0.482 e. The maximum absolute atomic E-state index is 12.8. The topological polar surface area (TPSA) is 130 Å². The van der Waals surface area contributed by atoms with Crippen molar-refractivity contribution in [3.05, 3.63) is 77.3 Å². The highest BCUT2D eigenvalue weighted by molar-refractivity contribution is 7.99. The molecule has 1 aromatic heterocycles. The smallest absolute Gasteiger partial charge is 0.341 e. The molecule has 0 saturated heterocycles. The molecule has 1 amide bonds. The molecule has 33 heavy (non-hydrogen) atoms. The van der Waals surface area contributed by atoms with E-state index in [0.717, 1.165) is 9.79 Å². The van der Waals surface area contributed by atoms with Crippen LogP contribution in [0.1, 0.15) is 10.4 Å². The molecule has 9 nitrogen and oxygen atoms in total. The minimum absolute atomic E-state index is 0.317. The van der Waals surface area contributed by atoms with E-state index in [4.69, 9.17) is 21.4 Å². The van der Waals surface area contributed by atoms with Gasteiger partial charge in [-0.2, -0.15) is 5.21 Å². The van der Waals surface area contributed by atoms with E-state index < -0.39 is 12.6 Å². The van der Waals surface area contributed by atoms with E-state index in [-0.39, 0.29) is 5.91 Å². The van der Waals surface area contributed by atoms with Gasteiger partial charge in [0.05, 0.1) is 5.69 Å². The summed E-state index contributed by atoms with van der Waals surface area (Å²) in [6.07, 6.45) is 0. The lowest BCUT2D eigenvalue weighted by Gasteiger charge is -2.13. The zero-order valence-electron chi connectivity index (χ0n) is 16.9. The van der Waals surface area contributed by atoms with Crippen molar-refractivity contribution in [2.75, 3.05) is 11.9 Å². The summed E-state index contributed by atoms with van der Waals surface area (Å²) in [6.45, 7) is -0.452. The molecular weight excluding hydrogens is 466 g/mol. The first-order valence-corrected chi connectivity index (χ1v) is 10.8. The molecule has 166 valence electrons. The summed E-state index contributed by atoms with van der Waals surface area (Å²) in [7, 11) is 0. The predicted octanol–water partition coefficient (Wildman–Crippen LogP) is 4.39. The first-order valence-electron chi connectivity index (χ1n) is 9.56. The Morgan fingerprint density at radius 1 is 1.06 bits per heavy atom. The van der Waals surface area contributed by atoms with Gasteiger partial charge < -0.3 is 15.2 Å². The number of ether oxygens (including phenoxy) is 1. The van der Waals surface area contributed by atoms with Crippen molar-refractivity contribution in [3.63, 3.8) is 0 Å². The van der Waals surface area contributed by atoms with E-state index in [2.05, 4.69) is 25.9 Å². The number of aromatic amines is 1. The van der Waals surface area contributed by atoms with Crippen LogP contribution in [0.3, 0.4) is 0 Å². The number of H-pyrrole nitrogens is 1. The molecule has 0 aliphatic rings. The van der Waals surface area contributed by atoms with Crippen molar-refractivity contribution >= 4 is 40.9 Å². The molecule has 3 aromatic carbocycles. The summed E-state index contributed by atoms with van der Waals surface area (Å²) < 4.78 is 5.10. The van der Waals surface area contributed by atoms with Gasteiger partial charge in [0.25, 0.3) is 5.91 Å². The second kappa shape index (κ2) is 10.2. The standard InChI is InChI=1S/C22H16ClN5O4S/c23-14-7-10-18(16(11-14)21-25-27-28-26-21)33-19-4-2-1-3-17(19)24-22(31)13-5-8-15(9-6-13)32-12-20(29)30/h1-11H,12H2,(H,24,31)(H,29,30)(H,25,26,27,28). The third-order valence-corrected chi connectivity index (χ3v) is 5.75. The fourth-order valence-electron chi connectivity index (χ4n) is 2.86. The Morgan fingerprint density at radius 3 is 2.58 bits per heavy atom. The Kier molecular flexibility index (Phi) is 6.86. The summed E-state index contributed by atoms with van der Waals surface area (Å²) in [5.74, 6) is -0.621. The molecular formula is C22H16ClN5O4S. The first-order chi connectivity index (χ1) is 16.0. The maximum atomic E-state index is 12.8. The van der Waals surface area contributed by atoms with Crippen LogP contribution in [-0.4, -0.2) is 44.2 Å². The molecule has 0 atom stereocenters. The van der Waals surface area contributed by atoms with Gasteiger partial charge in [-0.15, -0.1) is 10.2 Å². The number of benzene rings is 3. The number of hydrogen-bond donors (Lipinski definition) is 3. The van der Waals surface area contributed by atoms with Gasteiger partial charge in [-0.05, 0) is 59.8 Å². The van der Waals surface area contributed by atoms with Crippen LogP contribution in [-0.2, 0) is 4.79 Å². The summed E-state index contributed by atoms with van der Waals surface area (Å²) in [5, 5.41) is 26.3. The molecule has 0 radical (unpaired) electrons.